The van der Waals surface area contributed by atoms with Gasteiger partial charge >= 0.3 is 18.0 Å². The number of aliphatic carboxylic acids is 1. The Morgan fingerprint density at radius 1 is 1.38 bits per heavy atom. The van der Waals surface area contributed by atoms with Gasteiger partial charge < -0.3 is 25.2 Å². The smallest absolute Gasteiger partial charge is 0.326 e. The molecule has 3 N–H and O–H groups in total. The summed E-state index contributed by atoms with van der Waals surface area (Å²) < 4.78 is 10.1. The summed E-state index contributed by atoms with van der Waals surface area (Å²) in [6.45, 7) is 0. The summed E-state index contributed by atoms with van der Waals surface area (Å²) in [6.07, 6.45) is 2.85. The van der Waals surface area contributed by atoms with Crippen LogP contribution in [0.3, 0.4) is 0 Å². The van der Waals surface area contributed by atoms with Crippen molar-refractivity contribution in [2.24, 2.45) is 0 Å². The van der Waals surface area contributed by atoms with Crippen LogP contribution in [0, 0.1) is 0 Å². The lowest BCUT2D eigenvalue weighted by atomic mass is 9.96. The Labute approximate surface area is 122 Å². The van der Waals surface area contributed by atoms with E-state index in [4.69, 9.17) is 9.84 Å². The molecule has 0 saturated carbocycles. The molecule has 2 fully saturated rings. The van der Waals surface area contributed by atoms with Crippen molar-refractivity contribution < 1.29 is 29.0 Å². The SMILES string of the molecule is COC(=O)CC[C@@H](NC(=O)NC1CC2CCC1O2)C(=O)O. The Morgan fingerprint density at radius 2 is 2.14 bits per heavy atom. The topological polar surface area (TPSA) is 114 Å². The highest BCUT2D eigenvalue weighted by atomic mass is 16.5. The molecule has 0 aromatic heterocycles. The van der Waals surface area contributed by atoms with Crippen LogP contribution in [0.1, 0.15) is 32.1 Å². The number of carboxylic acid groups (broad SMARTS) is 1. The van der Waals surface area contributed by atoms with Gasteiger partial charge in [0.2, 0.25) is 0 Å². The molecule has 2 aliphatic rings. The Kier molecular flexibility index (Phi) is 5.00. The summed E-state index contributed by atoms with van der Waals surface area (Å²) in [6, 6.07) is -1.74. The number of carboxylic acids is 1. The van der Waals surface area contributed by atoms with Gasteiger partial charge in [0.05, 0.1) is 25.4 Å². The van der Waals surface area contributed by atoms with Crippen LogP contribution in [0.4, 0.5) is 4.79 Å². The summed E-state index contributed by atoms with van der Waals surface area (Å²) in [5, 5.41) is 14.2. The van der Waals surface area contributed by atoms with Gasteiger partial charge in [0.15, 0.2) is 0 Å². The van der Waals surface area contributed by atoms with Crippen molar-refractivity contribution >= 4 is 18.0 Å². The van der Waals surface area contributed by atoms with Crippen molar-refractivity contribution in [2.45, 2.75) is 56.4 Å². The van der Waals surface area contributed by atoms with Crippen molar-refractivity contribution in [3.63, 3.8) is 0 Å². The summed E-state index contributed by atoms with van der Waals surface area (Å²) in [4.78, 5) is 34.0. The third kappa shape index (κ3) is 4.07. The van der Waals surface area contributed by atoms with Gasteiger partial charge in [-0.1, -0.05) is 0 Å². The van der Waals surface area contributed by atoms with Crippen LogP contribution < -0.4 is 10.6 Å². The predicted molar refractivity (Wildman–Crippen MR) is 70.6 cm³/mol. The highest BCUT2D eigenvalue weighted by molar-refractivity contribution is 5.83. The zero-order chi connectivity index (χ0) is 15.4. The molecule has 4 atom stereocenters. The average molecular weight is 300 g/mol. The minimum atomic E-state index is -1.18. The summed E-state index contributed by atoms with van der Waals surface area (Å²) in [5.74, 6) is -1.69. The Balaban J connectivity index is 1.78. The molecule has 8 nitrogen and oxygen atoms in total. The minimum Gasteiger partial charge on any atom is -0.480 e. The number of amides is 2. The van der Waals surface area contributed by atoms with Gasteiger partial charge in [0, 0.05) is 6.42 Å². The molecule has 2 bridgehead atoms. The number of hydrogen-bond acceptors (Lipinski definition) is 5. The van der Waals surface area contributed by atoms with E-state index >= 15 is 0 Å². The lowest BCUT2D eigenvalue weighted by molar-refractivity contribution is -0.142. The largest absolute Gasteiger partial charge is 0.480 e. The number of urea groups is 1. The molecule has 0 spiro atoms. The molecule has 21 heavy (non-hydrogen) atoms. The van der Waals surface area contributed by atoms with Crippen LogP contribution in [-0.2, 0) is 19.1 Å². The fraction of sp³-hybridized carbons (Fsp3) is 0.769. The van der Waals surface area contributed by atoms with E-state index in [0.29, 0.717) is 0 Å². The number of fused-ring (bicyclic) bond motifs is 2. The van der Waals surface area contributed by atoms with Crippen molar-refractivity contribution in [3.8, 4) is 0 Å². The quantitative estimate of drug-likeness (QED) is 0.595. The van der Waals surface area contributed by atoms with Crippen LogP contribution in [0.2, 0.25) is 0 Å². The fourth-order valence-electron chi connectivity index (χ4n) is 2.78. The Bertz CT molecular complexity index is 427. The van der Waals surface area contributed by atoms with Crippen LogP contribution in [0.25, 0.3) is 0 Å². The number of rotatable bonds is 6. The first-order valence-electron chi connectivity index (χ1n) is 7.01. The maximum atomic E-state index is 11.8. The molecule has 118 valence electrons. The molecule has 0 aliphatic carbocycles. The molecule has 8 heteroatoms. The second-order valence-corrected chi connectivity index (χ2v) is 5.34. The van der Waals surface area contributed by atoms with Crippen molar-refractivity contribution in [3.05, 3.63) is 0 Å². The summed E-state index contributed by atoms with van der Waals surface area (Å²) >= 11 is 0. The molecule has 0 aromatic carbocycles. The van der Waals surface area contributed by atoms with Crippen molar-refractivity contribution in [1.82, 2.24) is 10.6 Å². The molecule has 0 aromatic rings. The number of ether oxygens (including phenoxy) is 2. The van der Waals surface area contributed by atoms with Gasteiger partial charge in [0.1, 0.15) is 6.04 Å². The molecule has 2 amide bonds. The molecule has 0 radical (unpaired) electrons. The van der Waals surface area contributed by atoms with Crippen LogP contribution in [-0.4, -0.2) is 54.5 Å². The van der Waals surface area contributed by atoms with E-state index in [2.05, 4.69) is 15.4 Å². The van der Waals surface area contributed by atoms with Gasteiger partial charge in [-0.05, 0) is 25.7 Å². The first-order valence-corrected chi connectivity index (χ1v) is 7.01. The second-order valence-electron chi connectivity index (χ2n) is 5.34. The van der Waals surface area contributed by atoms with Gasteiger partial charge in [-0.3, -0.25) is 4.79 Å². The van der Waals surface area contributed by atoms with E-state index in [0.717, 1.165) is 19.3 Å². The van der Waals surface area contributed by atoms with Crippen LogP contribution in [0.5, 0.6) is 0 Å². The fourth-order valence-corrected chi connectivity index (χ4v) is 2.78. The monoisotopic (exact) mass is 300 g/mol. The second kappa shape index (κ2) is 6.75. The summed E-state index contributed by atoms with van der Waals surface area (Å²) in [7, 11) is 1.23. The van der Waals surface area contributed by atoms with Crippen molar-refractivity contribution in [1.29, 1.82) is 0 Å². The normalized spacial score (nSPS) is 28.0. The van der Waals surface area contributed by atoms with E-state index < -0.39 is 24.0 Å². The third-order valence-corrected chi connectivity index (χ3v) is 3.89. The highest BCUT2D eigenvalue weighted by Gasteiger charge is 2.41. The van der Waals surface area contributed by atoms with E-state index in [1.807, 2.05) is 0 Å². The maximum Gasteiger partial charge on any atom is 0.326 e. The van der Waals surface area contributed by atoms with E-state index in [1.54, 1.807) is 0 Å². The van der Waals surface area contributed by atoms with E-state index in [-0.39, 0.29) is 31.1 Å². The zero-order valence-electron chi connectivity index (χ0n) is 11.8. The molecule has 2 aliphatic heterocycles. The lowest BCUT2D eigenvalue weighted by Gasteiger charge is -2.22. The molecular formula is C13H20N2O6. The molecule has 3 unspecified atom stereocenters. The number of methoxy groups -OCH3 is 1. The maximum absolute atomic E-state index is 11.8. The molecular weight excluding hydrogens is 280 g/mol. The van der Waals surface area contributed by atoms with Gasteiger partial charge in [-0.25, -0.2) is 9.59 Å². The average Bonchev–Trinajstić information content (AvgIpc) is 3.05. The van der Waals surface area contributed by atoms with Gasteiger partial charge in [-0.15, -0.1) is 0 Å². The molecule has 2 heterocycles. The number of hydrogen-bond donors (Lipinski definition) is 3. The first-order chi connectivity index (χ1) is 9.99. The predicted octanol–water partition coefficient (Wildman–Crippen LogP) is 0.0119. The number of nitrogens with one attached hydrogen (secondary N) is 2. The zero-order valence-corrected chi connectivity index (χ0v) is 11.8. The summed E-state index contributed by atoms with van der Waals surface area (Å²) in [5.41, 5.74) is 0. The van der Waals surface area contributed by atoms with Crippen LogP contribution >= 0.6 is 0 Å². The van der Waals surface area contributed by atoms with Gasteiger partial charge in [0.25, 0.3) is 0 Å². The van der Waals surface area contributed by atoms with E-state index in [1.165, 1.54) is 7.11 Å². The van der Waals surface area contributed by atoms with Crippen LogP contribution in [0.15, 0.2) is 0 Å². The minimum absolute atomic E-state index is 0.0113. The number of carbonyl (C=O) groups is 3. The first kappa shape index (κ1) is 15.6. The third-order valence-electron chi connectivity index (χ3n) is 3.89. The Morgan fingerprint density at radius 3 is 2.67 bits per heavy atom. The number of carbonyl (C=O) groups excluding carboxylic acids is 2. The lowest BCUT2D eigenvalue weighted by Crippen LogP contribution is -2.51. The molecule has 2 rings (SSSR count). The van der Waals surface area contributed by atoms with E-state index in [9.17, 15) is 14.4 Å². The number of esters is 1. The standard InChI is InChI=1S/C13H20N2O6/c1-20-11(16)5-3-8(12(17)18)14-13(19)15-9-6-7-2-4-10(9)21-7/h7-10H,2-6H2,1H3,(H,17,18)(H2,14,15,19)/t7?,8-,9?,10?/m1/s1. The van der Waals surface area contributed by atoms with Gasteiger partial charge in [-0.2, -0.15) is 0 Å². The Hall–Kier alpha value is -1.83. The molecule has 2 saturated heterocycles. The van der Waals surface area contributed by atoms with Crippen molar-refractivity contribution in [2.75, 3.05) is 7.11 Å². The highest BCUT2D eigenvalue weighted by Crippen LogP contribution is 2.34.